The van der Waals surface area contributed by atoms with Gasteiger partial charge in [-0.2, -0.15) is 0 Å². The monoisotopic (exact) mass is 455 g/mol. The Morgan fingerprint density at radius 3 is 2.03 bits per heavy atom. The highest BCUT2D eigenvalue weighted by Gasteiger charge is 2.22. The molecule has 0 bridgehead atoms. The fourth-order valence-corrected chi connectivity index (χ4v) is 3.79. The Labute approximate surface area is 209 Å². The van der Waals surface area contributed by atoms with Crippen molar-refractivity contribution in [3.05, 3.63) is 133 Å². The molecule has 1 heteroatoms. The summed E-state index contributed by atoms with van der Waals surface area (Å²) >= 11 is 0. The molecule has 3 rings (SSSR count). The van der Waals surface area contributed by atoms with Crippen LogP contribution in [0.15, 0.2) is 122 Å². The Kier molecular flexibility index (Phi) is 14.8. The number of hydrogen-bond donors (Lipinski definition) is 1. The molecule has 0 aromatic heterocycles. The fraction of sp³-hybridized carbons (Fsp3) is 0.333. The van der Waals surface area contributed by atoms with Crippen molar-refractivity contribution in [2.45, 2.75) is 71.8 Å². The van der Waals surface area contributed by atoms with Gasteiger partial charge in [0.15, 0.2) is 0 Å². The molecule has 2 aromatic rings. The maximum atomic E-state index is 4.46. The summed E-state index contributed by atoms with van der Waals surface area (Å²) < 4.78 is 0. The Morgan fingerprint density at radius 1 is 0.971 bits per heavy atom. The van der Waals surface area contributed by atoms with Gasteiger partial charge in [-0.3, -0.25) is 0 Å². The van der Waals surface area contributed by atoms with Gasteiger partial charge in [0.1, 0.15) is 0 Å². The summed E-state index contributed by atoms with van der Waals surface area (Å²) in [6, 6.07) is 21.5. The average molecular weight is 456 g/mol. The molecule has 2 aromatic carbocycles. The lowest BCUT2D eigenvalue weighted by Gasteiger charge is -2.29. The van der Waals surface area contributed by atoms with E-state index in [2.05, 4.69) is 125 Å². The summed E-state index contributed by atoms with van der Waals surface area (Å²) in [5, 5.41) is 3.71. The molecular weight excluding hydrogens is 410 g/mol. The van der Waals surface area contributed by atoms with Gasteiger partial charge in [0, 0.05) is 17.7 Å². The third kappa shape index (κ3) is 10.7. The molecule has 0 saturated heterocycles. The third-order valence-corrected chi connectivity index (χ3v) is 5.36. The SMILES string of the molecule is C=C(C)C(CCc1ccccc1)NC(=C)C(C1=CCCC=C1)c1ccccc1.C=CC.CCC. The Balaban J connectivity index is 0.000000872. The van der Waals surface area contributed by atoms with Crippen LogP contribution in [-0.2, 0) is 6.42 Å². The van der Waals surface area contributed by atoms with Crippen LogP contribution in [0.4, 0.5) is 0 Å². The van der Waals surface area contributed by atoms with Crippen molar-refractivity contribution in [1.82, 2.24) is 5.32 Å². The first kappa shape index (κ1) is 29.0. The van der Waals surface area contributed by atoms with Crippen LogP contribution in [0.25, 0.3) is 0 Å². The predicted octanol–water partition coefficient (Wildman–Crippen LogP) is 9.34. The van der Waals surface area contributed by atoms with Crippen LogP contribution in [0.5, 0.6) is 0 Å². The van der Waals surface area contributed by atoms with E-state index in [1.165, 1.54) is 23.1 Å². The molecule has 2 atom stereocenters. The number of rotatable bonds is 9. The summed E-state index contributed by atoms with van der Waals surface area (Å²) in [6.07, 6.45) is 14.1. The third-order valence-electron chi connectivity index (χ3n) is 5.36. The van der Waals surface area contributed by atoms with Crippen molar-refractivity contribution >= 4 is 0 Å². The molecule has 2 unspecified atom stereocenters. The van der Waals surface area contributed by atoms with E-state index in [1.807, 2.05) is 6.92 Å². The minimum Gasteiger partial charge on any atom is -0.382 e. The van der Waals surface area contributed by atoms with Crippen molar-refractivity contribution in [2.24, 2.45) is 0 Å². The van der Waals surface area contributed by atoms with E-state index in [0.717, 1.165) is 37.0 Å². The molecule has 0 saturated carbocycles. The first-order chi connectivity index (χ1) is 16.5. The van der Waals surface area contributed by atoms with E-state index in [4.69, 9.17) is 0 Å². The van der Waals surface area contributed by atoms with Gasteiger partial charge in [-0.05, 0) is 56.2 Å². The number of aryl methyl sites for hydroxylation is 1. The number of nitrogens with one attached hydrogen (secondary N) is 1. The minimum atomic E-state index is 0.163. The van der Waals surface area contributed by atoms with Crippen molar-refractivity contribution in [3.8, 4) is 0 Å². The maximum absolute atomic E-state index is 4.46. The molecule has 0 amide bonds. The van der Waals surface area contributed by atoms with Gasteiger partial charge >= 0.3 is 0 Å². The average Bonchev–Trinajstić information content (AvgIpc) is 2.85. The maximum Gasteiger partial charge on any atom is 0.0478 e. The smallest absolute Gasteiger partial charge is 0.0478 e. The zero-order valence-corrected chi connectivity index (χ0v) is 21.9. The molecule has 34 heavy (non-hydrogen) atoms. The first-order valence-corrected chi connectivity index (χ1v) is 12.6. The number of benzene rings is 2. The van der Waals surface area contributed by atoms with E-state index in [0.29, 0.717) is 0 Å². The zero-order chi connectivity index (χ0) is 25.2. The van der Waals surface area contributed by atoms with Crippen LogP contribution >= 0.6 is 0 Å². The molecule has 1 aliphatic rings. The van der Waals surface area contributed by atoms with Gasteiger partial charge in [-0.25, -0.2) is 0 Å². The molecule has 0 aliphatic heterocycles. The highest BCUT2D eigenvalue weighted by atomic mass is 14.9. The molecule has 1 N–H and O–H groups in total. The second-order valence-electron chi connectivity index (χ2n) is 8.74. The lowest BCUT2D eigenvalue weighted by molar-refractivity contribution is 0.572. The van der Waals surface area contributed by atoms with E-state index >= 15 is 0 Å². The van der Waals surface area contributed by atoms with Crippen LogP contribution < -0.4 is 5.32 Å². The van der Waals surface area contributed by atoms with Crippen molar-refractivity contribution in [2.75, 3.05) is 0 Å². The zero-order valence-electron chi connectivity index (χ0n) is 21.9. The van der Waals surface area contributed by atoms with Gasteiger partial charge in [-0.1, -0.05) is 124 Å². The highest BCUT2D eigenvalue weighted by Crippen LogP contribution is 2.33. The van der Waals surface area contributed by atoms with Gasteiger partial charge in [0.05, 0.1) is 0 Å². The van der Waals surface area contributed by atoms with Gasteiger partial charge in [0.25, 0.3) is 0 Å². The lowest BCUT2D eigenvalue weighted by atomic mass is 9.85. The van der Waals surface area contributed by atoms with E-state index in [-0.39, 0.29) is 12.0 Å². The van der Waals surface area contributed by atoms with Crippen molar-refractivity contribution in [1.29, 1.82) is 0 Å². The molecule has 1 nitrogen and oxygen atoms in total. The van der Waals surface area contributed by atoms with Gasteiger partial charge in [0.2, 0.25) is 0 Å². The second-order valence-corrected chi connectivity index (χ2v) is 8.74. The van der Waals surface area contributed by atoms with E-state index < -0.39 is 0 Å². The molecule has 1 aliphatic carbocycles. The van der Waals surface area contributed by atoms with Crippen LogP contribution in [0.3, 0.4) is 0 Å². The largest absolute Gasteiger partial charge is 0.382 e. The quantitative estimate of drug-likeness (QED) is 0.371. The lowest BCUT2D eigenvalue weighted by Crippen LogP contribution is -2.32. The summed E-state index contributed by atoms with van der Waals surface area (Å²) in [6.45, 7) is 20.3. The minimum absolute atomic E-state index is 0.163. The fourth-order valence-electron chi connectivity index (χ4n) is 3.79. The van der Waals surface area contributed by atoms with Crippen LogP contribution in [0.2, 0.25) is 0 Å². The van der Waals surface area contributed by atoms with E-state index in [1.54, 1.807) is 6.08 Å². The molecule has 182 valence electrons. The Hall–Kier alpha value is -3.06. The Bertz CT molecular complexity index is 902. The summed E-state index contributed by atoms with van der Waals surface area (Å²) in [7, 11) is 0. The normalized spacial score (nSPS) is 13.6. The molecule has 0 heterocycles. The van der Waals surface area contributed by atoms with Crippen LogP contribution in [-0.4, -0.2) is 6.04 Å². The standard InChI is InChI=1S/C27H31N.C3H8.C3H6/c1-21(2)26(20-19-23-13-7-4-8-14-23)28-22(3)27(24-15-9-5-10-16-24)25-17-11-6-12-18-25;2*1-3-2/h4-5,7-11,13-18,26-28H,1,3,6,12,19-20H2,2H3;3H2,1-2H3;3H,1H2,2H3. The highest BCUT2D eigenvalue weighted by molar-refractivity contribution is 5.43. The van der Waals surface area contributed by atoms with Gasteiger partial charge < -0.3 is 5.32 Å². The molecule has 0 radical (unpaired) electrons. The number of hydrogen-bond acceptors (Lipinski definition) is 1. The topological polar surface area (TPSA) is 12.0 Å². The van der Waals surface area contributed by atoms with Gasteiger partial charge in [-0.15, -0.1) is 6.58 Å². The molecule has 0 fully saturated rings. The molecule has 0 spiro atoms. The number of allylic oxidation sites excluding steroid dienone is 5. The van der Waals surface area contributed by atoms with Crippen molar-refractivity contribution in [3.63, 3.8) is 0 Å². The van der Waals surface area contributed by atoms with Crippen LogP contribution in [0.1, 0.15) is 70.4 Å². The summed E-state index contributed by atoms with van der Waals surface area (Å²) in [5.74, 6) is 0.163. The first-order valence-electron chi connectivity index (χ1n) is 12.6. The second kappa shape index (κ2) is 17.4. The summed E-state index contributed by atoms with van der Waals surface area (Å²) in [4.78, 5) is 0. The molecular formula is C33H45N. The summed E-state index contributed by atoms with van der Waals surface area (Å²) in [5.41, 5.74) is 6.17. The predicted molar refractivity (Wildman–Crippen MR) is 153 cm³/mol. The van der Waals surface area contributed by atoms with Crippen LogP contribution in [0, 0.1) is 0 Å². The van der Waals surface area contributed by atoms with E-state index in [9.17, 15) is 0 Å². The Morgan fingerprint density at radius 2 is 1.53 bits per heavy atom. The van der Waals surface area contributed by atoms with Crippen molar-refractivity contribution < 1.29 is 0 Å².